The number of hydrogen-bond acceptors (Lipinski definition) is 3. The lowest BCUT2D eigenvalue weighted by Gasteiger charge is -2.13. The van der Waals surface area contributed by atoms with Crippen LogP contribution in [0.15, 0.2) is 42.0 Å². The summed E-state index contributed by atoms with van der Waals surface area (Å²) in [7, 11) is 0. The van der Waals surface area contributed by atoms with E-state index in [0.29, 0.717) is 22.7 Å². The van der Waals surface area contributed by atoms with Crippen LogP contribution in [0.4, 0.5) is 26.3 Å². The molecule has 3 aromatic rings. The lowest BCUT2D eigenvalue weighted by atomic mass is 9.99. The van der Waals surface area contributed by atoms with Gasteiger partial charge in [-0.1, -0.05) is 13.8 Å². The first-order chi connectivity index (χ1) is 13.0. The second-order valence-electron chi connectivity index (χ2n) is 6.45. The SMILES string of the molecule is CC(C)c1ccncc1-c1nc(-c2cc(C(F)(F)F)cc(C(F)(F)F)c2)cs1. The summed E-state index contributed by atoms with van der Waals surface area (Å²) in [6.45, 7) is 3.94. The van der Waals surface area contributed by atoms with Gasteiger partial charge in [0.1, 0.15) is 5.01 Å². The highest BCUT2D eigenvalue weighted by atomic mass is 32.1. The molecule has 0 atom stereocenters. The van der Waals surface area contributed by atoms with Gasteiger partial charge in [-0.15, -0.1) is 11.3 Å². The standard InChI is InChI=1S/C19H14F6N2S/c1-10(2)14-3-4-26-8-15(14)17-27-16(9-28-17)11-5-12(18(20,21)22)7-13(6-11)19(23,24)25/h3-10H,1-2H3. The molecule has 0 bridgehead atoms. The van der Waals surface area contributed by atoms with Gasteiger partial charge in [0, 0.05) is 28.9 Å². The van der Waals surface area contributed by atoms with Crippen LogP contribution < -0.4 is 0 Å². The van der Waals surface area contributed by atoms with E-state index in [0.717, 1.165) is 16.9 Å². The lowest BCUT2D eigenvalue weighted by molar-refractivity contribution is -0.143. The number of hydrogen-bond donors (Lipinski definition) is 0. The number of rotatable bonds is 3. The minimum absolute atomic E-state index is 0.0511. The number of halogens is 6. The molecule has 28 heavy (non-hydrogen) atoms. The molecule has 0 spiro atoms. The lowest BCUT2D eigenvalue weighted by Crippen LogP contribution is -2.11. The molecule has 2 heterocycles. The number of benzene rings is 1. The van der Waals surface area contributed by atoms with Crippen LogP contribution in [0.1, 0.15) is 36.5 Å². The Bertz CT molecular complexity index is 956. The zero-order valence-electron chi connectivity index (χ0n) is 14.7. The molecule has 0 unspecified atom stereocenters. The van der Waals surface area contributed by atoms with Crippen LogP contribution in [-0.4, -0.2) is 9.97 Å². The largest absolute Gasteiger partial charge is 0.416 e. The van der Waals surface area contributed by atoms with Crippen molar-refractivity contribution < 1.29 is 26.3 Å². The number of thiazole rings is 1. The molecule has 148 valence electrons. The van der Waals surface area contributed by atoms with Gasteiger partial charge in [-0.05, 0) is 35.7 Å². The Morgan fingerprint density at radius 1 is 0.929 bits per heavy atom. The van der Waals surface area contributed by atoms with Gasteiger partial charge >= 0.3 is 12.4 Å². The first-order valence-corrected chi connectivity index (χ1v) is 9.04. The van der Waals surface area contributed by atoms with E-state index in [2.05, 4.69) is 9.97 Å². The van der Waals surface area contributed by atoms with Crippen molar-refractivity contribution in [3.63, 3.8) is 0 Å². The summed E-state index contributed by atoms with van der Waals surface area (Å²) < 4.78 is 78.4. The maximum absolute atomic E-state index is 13.1. The minimum atomic E-state index is -4.90. The van der Waals surface area contributed by atoms with E-state index in [4.69, 9.17) is 0 Å². The summed E-state index contributed by atoms with van der Waals surface area (Å²) in [6.07, 6.45) is -6.59. The van der Waals surface area contributed by atoms with Crippen LogP contribution in [-0.2, 0) is 12.4 Å². The molecule has 0 N–H and O–H groups in total. The average Bonchev–Trinajstić information content (AvgIpc) is 3.10. The Morgan fingerprint density at radius 3 is 2.07 bits per heavy atom. The third kappa shape index (κ3) is 4.19. The molecule has 0 saturated carbocycles. The van der Waals surface area contributed by atoms with Crippen LogP contribution in [0.5, 0.6) is 0 Å². The summed E-state index contributed by atoms with van der Waals surface area (Å²) in [5, 5.41) is 1.93. The molecular formula is C19H14F6N2S. The van der Waals surface area contributed by atoms with Crippen molar-refractivity contribution in [1.82, 2.24) is 9.97 Å². The average molecular weight is 416 g/mol. The van der Waals surface area contributed by atoms with E-state index >= 15 is 0 Å². The number of pyridine rings is 1. The smallest absolute Gasteiger partial charge is 0.264 e. The second kappa shape index (κ2) is 7.20. The quantitative estimate of drug-likeness (QED) is 0.428. The van der Waals surface area contributed by atoms with Crippen molar-refractivity contribution in [2.45, 2.75) is 32.1 Å². The highest BCUT2D eigenvalue weighted by Gasteiger charge is 2.37. The summed E-state index contributed by atoms with van der Waals surface area (Å²) >= 11 is 1.14. The van der Waals surface area contributed by atoms with Crippen molar-refractivity contribution in [2.24, 2.45) is 0 Å². The maximum Gasteiger partial charge on any atom is 0.416 e. The van der Waals surface area contributed by atoms with E-state index in [1.807, 2.05) is 19.9 Å². The van der Waals surface area contributed by atoms with Crippen molar-refractivity contribution >= 4 is 11.3 Å². The van der Waals surface area contributed by atoms with Gasteiger partial charge in [0.25, 0.3) is 0 Å². The predicted octanol–water partition coefficient (Wildman–Crippen LogP) is 7.03. The van der Waals surface area contributed by atoms with E-state index in [1.165, 1.54) is 5.38 Å². The van der Waals surface area contributed by atoms with Gasteiger partial charge in [-0.3, -0.25) is 4.98 Å². The van der Waals surface area contributed by atoms with Crippen molar-refractivity contribution in [3.8, 4) is 21.8 Å². The molecule has 3 rings (SSSR count). The molecule has 2 aromatic heterocycles. The summed E-state index contributed by atoms with van der Waals surface area (Å²) in [4.78, 5) is 8.33. The highest BCUT2D eigenvalue weighted by Crippen LogP contribution is 2.40. The van der Waals surface area contributed by atoms with Crippen LogP contribution in [0.2, 0.25) is 0 Å². The van der Waals surface area contributed by atoms with E-state index in [-0.39, 0.29) is 23.2 Å². The molecule has 0 aliphatic rings. The first-order valence-electron chi connectivity index (χ1n) is 8.16. The van der Waals surface area contributed by atoms with Gasteiger partial charge < -0.3 is 0 Å². The van der Waals surface area contributed by atoms with Crippen LogP contribution in [0, 0.1) is 0 Å². The fourth-order valence-electron chi connectivity index (χ4n) is 2.72. The molecule has 2 nitrogen and oxygen atoms in total. The molecule has 0 fully saturated rings. The zero-order valence-corrected chi connectivity index (χ0v) is 15.5. The fraction of sp³-hybridized carbons (Fsp3) is 0.263. The van der Waals surface area contributed by atoms with E-state index < -0.39 is 23.5 Å². The third-order valence-corrected chi connectivity index (χ3v) is 4.97. The first kappa shape index (κ1) is 20.3. The van der Waals surface area contributed by atoms with Gasteiger partial charge in [-0.25, -0.2) is 4.98 Å². The summed E-state index contributed by atoms with van der Waals surface area (Å²) in [6, 6.07) is 3.28. The minimum Gasteiger partial charge on any atom is -0.264 e. The topological polar surface area (TPSA) is 25.8 Å². The molecule has 1 aromatic carbocycles. The van der Waals surface area contributed by atoms with Crippen molar-refractivity contribution in [1.29, 1.82) is 0 Å². The summed E-state index contributed by atoms with van der Waals surface area (Å²) in [5.74, 6) is 0.149. The molecule has 0 radical (unpaired) electrons. The van der Waals surface area contributed by atoms with Crippen LogP contribution in [0.25, 0.3) is 21.8 Å². The van der Waals surface area contributed by atoms with Gasteiger partial charge in [0.2, 0.25) is 0 Å². The molecule has 0 aliphatic heterocycles. The number of aromatic nitrogens is 2. The highest BCUT2D eigenvalue weighted by molar-refractivity contribution is 7.13. The number of alkyl halides is 6. The Hall–Kier alpha value is -2.42. The Kier molecular flexibility index (Phi) is 5.22. The predicted molar refractivity (Wildman–Crippen MR) is 94.9 cm³/mol. The molecule has 0 saturated heterocycles. The molecule has 9 heteroatoms. The van der Waals surface area contributed by atoms with Gasteiger partial charge in [0.15, 0.2) is 0 Å². The zero-order chi connectivity index (χ0) is 20.7. The Balaban J connectivity index is 2.11. The Labute approximate surface area is 160 Å². The van der Waals surface area contributed by atoms with Crippen molar-refractivity contribution in [2.75, 3.05) is 0 Å². The summed E-state index contributed by atoms with van der Waals surface area (Å²) in [5.41, 5.74) is -1.27. The number of nitrogens with zero attached hydrogens (tertiary/aromatic N) is 2. The maximum atomic E-state index is 13.1. The third-order valence-electron chi connectivity index (χ3n) is 4.09. The molecule has 0 aliphatic carbocycles. The second-order valence-corrected chi connectivity index (χ2v) is 7.31. The van der Waals surface area contributed by atoms with Gasteiger partial charge in [-0.2, -0.15) is 26.3 Å². The molecule has 0 amide bonds. The fourth-order valence-corrected chi connectivity index (χ4v) is 3.58. The normalized spacial score (nSPS) is 12.6. The van der Waals surface area contributed by atoms with Crippen LogP contribution in [0.3, 0.4) is 0 Å². The van der Waals surface area contributed by atoms with Gasteiger partial charge in [0.05, 0.1) is 16.8 Å². The van der Waals surface area contributed by atoms with E-state index in [1.54, 1.807) is 12.4 Å². The molecular weight excluding hydrogens is 402 g/mol. The Morgan fingerprint density at radius 2 is 1.54 bits per heavy atom. The van der Waals surface area contributed by atoms with E-state index in [9.17, 15) is 26.3 Å². The monoisotopic (exact) mass is 416 g/mol. The van der Waals surface area contributed by atoms with Crippen molar-refractivity contribution in [3.05, 3.63) is 58.7 Å². The van der Waals surface area contributed by atoms with Crippen LogP contribution >= 0.6 is 11.3 Å².